The summed E-state index contributed by atoms with van der Waals surface area (Å²) in [4.78, 5) is 15.2. The van der Waals surface area contributed by atoms with E-state index in [2.05, 4.69) is 30.1 Å². The van der Waals surface area contributed by atoms with Crippen LogP contribution in [0.4, 0.5) is 0 Å². The summed E-state index contributed by atoms with van der Waals surface area (Å²) in [5.74, 6) is 0.818. The van der Waals surface area contributed by atoms with Crippen molar-refractivity contribution in [2.75, 3.05) is 13.2 Å². The van der Waals surface area contributed by atoms with Gasteiger partial charge in [-0.05, 0) is 42.7 Å². The number of halogens is 1. The Hall–Kier alpha value is -2.79. The number of carbonyl (C=O) groups is 1. The fraction of sp³-hybridized carbons (Fsp3) is 0.333. The third-order valence-electron chi connectivity index (χ3n) is 5.38. The number of nitrogens with zero attached hydrogens (tertiary/aromatic N) is 2. The van der Waals surface area contributed by atoms with Crippen molar-refractivity contribution in [1.82, 2.24) is 15.1 Å². The lowest BCUT2D eigenvalue weighted by Gasteiger charge is -2.26. The van der Waals surface area contributed by atoms with Crippen molar-refractivity contribution in [1.29, 1.82) is 0 Å². The number of ether oxygens (including phenoxy) is 1. The number of hydrogen-bond donors (Lipinski definition) is 1. The second-order valence-electron chi connectivity index (χ2n) is 7.54. The number of rotatable bonds is 8. The van der Waals surface area contributed by atoms with Gasteiger partial charge in [-0.25, -0.2) is 0 Å². The summed E-state index contributed by atoms with van der Waals surface area (Å²) in [7, 11) is 0. The zero-order chi connectivity index (χ0) is 21.1. The molecule has 1 aliphatic heterocycles. The topological polar surface area (TPSA) is 58.2 Å². The van der Waals surface area contributed by atoms with Crippen LogP contribution in [0.2, 0.25) is 5.02 Å². The first-order valence-electron chi connectivity index (χ1n) is 10.5. The molecule has 1 aliphatic rings. The Kier molecular flexibility index (Phi) is 6.09. The highest BCUT2D eigenvalue weighted by molar-refractivity contribution is 6.30. The first-order chi connectivity index (χ1) is 14.6. The SMILES string of the molecule is CCCCN1C(=O)c2[nH]nc(-c3ccc(Cl)cc3)c2C1c1cccc(OCCC)c1. The van der Waals surface area contributed by atoms with Crippen LogP contribution < -0.4 is 4.74 Å². The summed E-state index contributed by atoms with van der Waals surface area (Å²) in [6.45, 7) is 5.58. The predicted octanol–water partition coefficient (Wildman–Crippen LogP) is 5.86. The minimum absolute atomic E-state index is 0.00366. The molecule has 1 N–H and O–H groups in total. The highest BCUT2D eigenvalue weighted by atomic mass is 35.5. The molecule has 1 amide bonds. The number of nitrogens with one attached hydrogen (secondary N) is 1. The van der Waals surface area contributed by atoms with E-state index >= 15 is 0 Å². The molecule has 5 nitrogen and oxygen atoms in total. The first kappa shape index (κ1) is 20.5. The Bertz CT molecular complexity index is 1030. The number of carbonyl (C=O) groups excluding carboxylic acids is 1. The van der Waals surface area contributed by atoms with Gasteiger partial charge < -0.3 is 9.64 Å². The molecule has 0 radical (unpaired) electrons. The number of aromatic amines is 1. The molecular weight excluding hydrogens is 398 g/mol. The smallest absolute Gasteiger partial charge is 0.273 e. The normalized spacial score (nSPS) is 15.5. The molecule has 1 atom stereocenters. The van der Waals surface area contributed by atoms with E-state index in [1.54, 1.807) is 0 Å². The van der Waals surface area contributed by atoms with Crippen molar-refractivity contribution in [2.24, 2.45) is 0 Å². The van der Waals surface area contributed by atoms with E-state index in [4.69, 9.17) is 16.3 Å². The third kappa shape index (κ3) is 3.82. The maximum Gasteiger partial charge on any atom is 0.273 e. The van der Waals surface area contributed by atoms with E-state index in [0.717, 1.165) is 47.4 Å². The third-order valence-corrected chi connectivity index (χ3v) is 5.63. The van der Waals surface area contributed by atoms with Crippen molar-refractivity contribution in [3.8, 4) is 17.0 Å². The maximum absolute atomic E-state index is 13.2. The Morgan fingerprint density at radius 2 is 1.93 bits per heavy atom. The van der Waals surface area contributed by atoms with Crippen molar-refractivity contribution in [3.05, 3.63) is 70.4 Å². The summed E-state index contributed by atoms with van der Waals surface area (Å²) in [5, 5.41) is 8.17. The van der Waals surface area contributed by atoms with Gasteiger partial charge in [-0.1, -0.05) is 56.1 Å². The monoisotopic (exact) mass is 423 g/mol. The lowest BCUT2D eigenvalue weighted by atomic mass is 9.96. The lowest BCUT2D eigenvalue weighted by Crippen LogP contribution is -2.30. The van der Waals surface area contributed by atoms with Crippen molar-refractivity contribution < 1.29 is 9.53 Å². The summed E-state index contributed by atoms with van der Waals surface area (Å²) in [5.41, 5.74) is 4.25. The van der Waals surface area contributed by atoms with Gasteiger partial charge >= 0.3 is 0 Å². The van der Waals surface area contributed by atoms with Crippen LogP contribution in [0.25, 0.3) is 11.3 Å². The molecule has 0 spiro atoms. The molecule has 30 heavy (non-hydrogen) atoms. The number of amides is 1. The van der Waals surface area contributed by atoms with E-state index in [-0.39, 0.29) is 11.9 Å². The van der Waals surface area contributed by atoms with E-state index in [1.807, 2.05) is 47.4 Å². The fourth-order valence-corrected chi connectivity index (χ4v) is 4.05. The zero-order valence-corrected chi connectivity index (χ0v) is 18.1. The van der Waals surface area contributed by atoms with Gasteiger partial charge in [0, 0.05) is 22.7 Å². The molecule has 0 fully saturated rings. The second kappa shape index (κ2) is 8.92. The fourth-order valence-electron chi connectivity index (χ4n) is 3.92. The van der Waals surface area contributed by atoms with Gasteiger partial charge in [0.05, 0.1) is 18.3 Å². The van der Waals surface area contributed by atoms with Crippen LogP contribution in [0.3, 0.4) is 0 Å². The Morgan fingerprint density at radius 1 is 1.13 bits per heavy atom. The van der Waals surface area contributed by atoms with Crippen molar-refractivity contribution in [3.63, 3.8) is 0 Å². The first-order valence-corrected chi connectivity index (χ1v) is 10.9. The number of hydrogen-bond acceptors (Lipinski definition) is 3. The molecular formula is C24H26ClN3O2. The van der Waals surface area contributed by atoms with Crippen LogP contribution >= 0.6 is 11.6 Å². The van der Waals surface area contributed by atoms with Gasteiger partial charge in [0.25, 0.3) is 5.91 Å². The molecule has 2 aromatic carbocycles. The minimum Gasteiger partial charge on any atom is -0.494 e. The van der Waals surface area contributed by atoms with Gasteiger partial charge in [0.1, 0.15) is 11.4 Å². The summed E-state index contributed by atoms with van der Waals surface area (Å²) in [6.07, 6.45) is 2.91. The quantitative estimate of drug-likeness (QED) is 0.493. The largest absolute Gasteiger partial charge is 0.494 e. The Labute approximate surface area is 182 Å². The Balaban J connectivity index is 1.80. The van der Waals surface area contributed by atoms with Crippen molar-refractivity contribution in [2.45, 2.75) is 39.2 Å². The van der Waals surface area contributed by atoms with Gasteiger partial charge in [0.15, 0.2) is 0 Å². The molecule has 1 unspecified atom stereocenters. The molecule has 0 bridgehead atoms. The predicted molar refractivity (Wildman–Crippen MR) is 119 cm³/mol. The van der Waals surface area contributed by atoms with Gasteiger partial charge in [-0.3, -0.25) is 9.89 Å². The van der Waals surface area contributed by atoms with Crippen LogP contribution in [0.5, 0.6) is 5.75 Å². The molecule has 0 saturated heterocycles. The van der Waals surface area contributed by atoms with Crippen LogP contribution in [-0.2, 0) is 0 Å². The summed E-state index contributed by atoms with van der Waals surface area (Å²) in [6, 6.07) is 15.4. The van der Waals surface area contributed by atoms with E-state index in [0.29, 0.717) is 23.9 Å². The maximum atomic E-state index is 13.2. The van der Waals surface area contributed by atoms with Crippen LogP contribution in [0.15, 0.2) is 48.5 Å². The molecule has 0 aliphatic carbocycles. The van der Waals surface area contributed by atoms with Gasteiger partial charge in [-0.15, -0.1) is 0 Å². The van der Waals surface area contributed by atoms with E-state index in [1.165, 1.54) is 0 Å². The molecule has 6 heteroatoms. The van der Waals surface area contributed by atoms with Gasteiger partial charge in [0.2, 0.25) is 0 Å². The molecule has 156 valence electrons. The number of H-pyrrole nitrogens is 1. The van der Waals surface area contributed by atoms with Crippen molar-refractivity contribution >= 4 is 17.5 Å². The standard InChI is InChI=1S/C24H26ClN3O2/c1-3-5-13-28-23(17-7-6-8-19(15-17)30-14-4-2)20-21(26-27-22(20)24(28)29)16-9-11-18(25)12-10-16/h6-12,15,23H,3-5,13-14H2,1-2H3,(H,26,27). The molecule has 0 saturated carbocycles. The number of benzene rings is 2. The lowest BCUT2D eigenvalue weighted by molar-refractivity contribution is 0.0741. The number of unbranched alkanes of at least 4 members (excludes halogenated alkanes) is 1. The Morgan fingerprint density at radius 3 is 2.67 bits per heavy atom. The highest BCUT2D eigenvalue weighted by Gasteiger charge is 2.41. The molecule has 4 rings (SSSR count). The number of fused-ring (bicyclic) bond motifs is 1. The highest BCUT2D eigenvalue weighted by Crippen LogP contribution is 2.43. The van der Waals surface area contributed by atoms with E-state index in [9.17, 15) is 4.79 Å². The van der Waals surface area contributed by atoms with Crippen LogP contribution in [-0.4, -0.2) is 34.2 Å². The van der Waals surface area contributed by atoms with E-state index < -0.39 is 0 Å². The number of aromatic nitrogens is 2. The molecule has 3 aromatic rings. The summed E-state index contributed by atoms with van der Waals surface area (Å²) >= 11 is 6.07. The zero-order valence-electron chi connectivity index (χ0n) is 17.3. The molecule has 1 aromatic heterocycles. The van der Waals surface area contributed by atoms with Crippen LogP contribution in [0.1, 0.15) is 60.8 Å². The average molecular weight is 424 g/mol. The molecule has 2 heterocycles. The van der Waals surface area contributed by atoms with Gasteiger partial charge in [-0.2, -0.15) is 5.10 Å². The minimum atomic E-state index is -0.200. The summed E-state index contributed by atoms with van der Waals surface area (Å²) < 4.78 is 5.85. The average Bonchev–Trinajstić information content (AvgIpc) is 3.30. The van der Waals surface area contributed by atoms with Crippen LogP contribution in [0, 0.1) is 0 Å². The second-order valence-corrected chi connectivity index (χ2v) is 7.98.